The van der Waals surface area contributed by atoms with E-state index in [1.54, 1.807) is 6.20 Å². The van der Waals surface area contributed by atoms with E-state index in [1.165, 1.54) is 0 Å². The summed E-state index contributed by atoms with van der Waals surface area (Å²) in [5.74, 6) is 0.937. The van der Waals surface area contributed by atoms with Crippen LogP contribution in [0.25, 0.3) is 0 Å². The second kappa shape index (κ2) is 6.03. The first kappa shape index (κ1) is 13.1. The van der Waals surface area contributed by atoms with Crippen molar-refractivity contribution in [3.8, 4) is 0 Å². The van der Waals surface area contributed by atoms with Crippen molar-refractivity contribution in [3.05, 3.63) is 21.8 Å². The van der Waals surface area contributed by atoms with Crippen molar-refractivity contribution in [2.75, 3.05) is 24.6 Å². The molecule has 2 rings (SSSR count). The lowest BCUT2D eigenvalue weighted by atomic mass is 10.2. The van der Waals surface area contributed by atoms with Gasteiger partial charge >= 0.3 is 0 Å². The largest absolute Gasteiger partial charge is 0.376 e. The lowest BCUT2D eigenvalue weighted by molar-refractivity contribution is 0.115. The minimum atomic E-state index is 0.333. The summed E-state index contributed by atoms with van der Waals surface area (Å²) in [6, 6.07) is 1.88. The van der Waals surface area contributed by atoms with Gasteiger partial charge in [0.1, 0.15) is 5.82 Å². The molecule has 1 aromatic rings. The highest BCUT2D eigenvalue weighted by Crippen LogP contribution is 2.27. The zero-order valence-electron chi connectivity index (χ0n) is 9.83. The van der Waals surface area contributed by atoms with Gasteiger partial charge in [0.15, 0.2) is 0 Å². The molecule has 0 spiro atoms. The maximum Gasteiger partial charge on any atom is 0.143 e. The summed E-state index contributed by atoms with van der Waals surface area (Å²) >= 11 is 9.41. The van der Waals surface area contributed by atoms with Crippen LogP contribution in [-0.2, 0) is 4.74 Å². The fourth-order valence-electron chi connectivity index (χ4n) is 2.04. The van der Waals surface area contributed by atoms with E-state index in [1.807, 2.05) is 6.07 Å². The molecule has 1 fully saturated rings. The molecular weight excluding hydrogens is 304 g/mol. The molecule has 0 radical (unpaired) electrons. The minimum Gasteiger partial charge on any atom is -0.376 e. The molecular formula is C12H16BrClN2O. The SMILES string of the molecule is CCN(CC1CCCO1)c1ncc(Cl)cc1Br. The summed E-state index contributed by atoms with van der Waals surface area (Å²) in [5.41, 5.74) is 0. The van der Waals surface area contributed by atoms with Crippen LogP contribution in [0, 0.1) is 0 Å². The van der Waals surface area contributed by atoms with Crippen molar-refractivity contribution < 1.29 is 4.74 Å². The minimum absolute atomic E-state index is 0.333. The molecule has 94 valence electrons. The third-order valence-corrected chi connectivity index (χ3v) is 3.71. The van der Waals surface area contributed by atoms with Crippen LogP contribution in [0.4, 0.5) is 5.82 Å². The van der Waals surface area contributed by atoms with E-state index < -0.39 is 0 Å². The van der Waals surface area contributed by atoms with Crippen molar-refractivity contribution in [1.82, 2.24) is 4.98 Å². The highest BCUT2D eigenvalue weighted by Gasteiger charge is 2.20. The van der Waals surface area contributed by atoms with Crippen molar-refractivity contribution in [1.29, 1.82) is 0 Å². The Bertz CT molecular complexity index is 383. The summed E-state index contributed by atoms with van der Waals surface area (Å²) in [4.78, 5) is 6.60. The maximum atomic E-state index is 5.90. The molecule has 1 atom stereocenters. The van der Waals surface area contributed by atoms with E-state index in [0.717, 1.165) is 42.8 Å². The smallest absolute Gasteiger partial charge is 0.143 e. The average molecular weight is 320 g/mol. The maximum absolute atomic E-state index is 5.90. The van der Waals surface area contributed by atoms with E-state index in [9.17, 15) is 0 Å². The Morgan fingerprint density at radius 2 is 2.47 bits per heavy atom. The van der Waals surface area contributed by atoms with E-state index >= 15 is 0 Å². The summed E-state index contributed by atoms with van der Waals surface area (Å²) in [5, 5.41) is 0.647. The summed E-state index contributed by atoms with van der Waals surface area (Å²) < 4.78 is 6.59. The topological polar surface area (TPSA) is 25.4 Å². The van der Waals surface area contributed by atoms with Gasteiger partial charge in [-0.1, -0.05) is 11.6 Å². The van der Waals surface area contributed by atoms with Crippen LogP contribution in [0.2, 0.25) is 5.02 Å². The van der Waals surface area contributed by atoms with Gasteiger partial charge in [-0.3, -0.25) is 0 Å². The number of ether oxygens (including phenoxy) is 1. The van der Waals surface area contributed by atoms with Crippen molar-refractivity contribution in [3.63, 3.8) is 0 Å². The summed E-state index contributed by atoms with van der Waals surface area (Å²) in [6.07, 6.45) is 4.32. The van der Waals surface area contributed by atoms with Crippen LogP contribution in [0.1, 0.15) is 19.8 Å². The normalized spacial score (nSPS) is 19.6. The number of likely N-dealkylation sites (N-methyl/N-ethyl adjacent to an activating group) is 1. The molecule has 0 aromatic carbocycles. The van der Waals surface area contributed by atoms with Gasteiger partial charge in [0, 0.05) is 25.9 Å². The highest BCUT2D eigenvalue weighted by molar-refractivity contribution is 9.10. The van der Waals surface area contributed by atoms with E-state index in [0.29, 0.717) is 11.1 Å². The number of halogens is 2. The first-order valence-electron chi connectivity index (χ1n) is 5.88. The highest BCUT2D eigenvalue weighted by atomic mass is 79.9. The molecule has 17 heavy (non-hydrogen) atoms. The molecule has 1 aliphatic rings. The number of rotatable bonds is 4. The number of anilines is 1. The van der Waals surface area contributed by atoms with Crippen LogP contribution >= 0.6 is 27.5 Å². The van der Waals surface area contributed by atoms with Crippen molar-refractivity contribution in [2.45, 2.75) is 25.9 Å². The Morgan fingerprint density at radius 3 is 3.06 bits per heavy atom. The molecule has 3 nitrogen and oxygen atoms in total. The molecule has 5 heteroatoms. The second-order valence-corrected chi connectivity index (χ2v) is 5.42. The number of nitrogens with zero attached hydrogens (tertiary/aromatic N) is 2. The molecule has 0 aliphatic carbocycles. The Hall–Kier alpha value is -0.320. The molecule has 0 saturated carbocycles. The number of aromatic nitrogens is 1. The third kappa shape index (κ3) is 3.33. The van der Waals surface area contributed by atoms with Crippen LogP contribution in [0.3, 0.4) is 0 Å². The standard InChI is InChI=1S/C12H16BrClN2O/c1-2-16(8-10-4-3-5-17-10)12-11(13)6-9(14)7-15-12/h6-7,10H,2-5,8H2,1H3. The molecule has 1 saturated heterocycles. The Labute approximate surface area is 115 Å². The zero-order chi connectivity index (χ0) is 12.3. The molecule has 1 aliphatic heterocycles. The van der Waals surface area contributed by atoms with Crippen LogP contribution in [0.5, 0.6) is 0 Å². The number of pyridine rings is 1. The lowest BCUT2D eigenvalue weighted by Gasteiger charge is -2.25. The lowest BCUT2D eigenvalue weighted by Crippen LogP contribution is -2.32. The summed E-state index contributed by atoms with van der Waals surface area (Å²) in [7, 11) is 0. The number of hydrogen-bond donors (Lipinski definition) is 0. The Kier molecular flexibility index (Phi) is 4.65. The molecule has 0 bridgehead atoms. The van der Waals surface area contributed by atoms with Gasteiger partial charge in [-0.15, -0.1) is 0 Å². The Balaban J connectivity index is 2.10. The van der Waals surface area contributed by atoms with E-state index in [4.69, 9.17) is 16.3 Å². The zero-order valence-corrected chi connectivity index (χ0v) is 12.2. The molecule has 1 unspecified atom stereocenters. The number of hydrogen-bond acceptors (Lipinski definition) is 3. The molecule has 2 heterocycles. The monoisotopic (exact) mass is 318 g/mol. The third-order valence-electron chi connectivity index (χ3n) is 2.92. The van der Waals surface area contributed by atoms with Gasteiger partial charge in [0.25, 0.3) is 0 Å². The van der Waals surface area contributed by atoms with Crippen LogP contribution in [0.15, 0.2) is 16.7 Å². The van der Waals surface area contributed by atoms with Crippen LogP contribution < -0.4 is 4.90 Å². The van der Waals surface area contributed by atoms with Crippen LogP contribution in [-0.4, -0.2) is 30.8 Å². The first-order chi connectivity index (χ1) is 8.20. The average Bonchev–Trinajstić information content (AvgIpc) is 2.79. The molecule has 0 N–H and O–H groups in total. The van der Waals surface area contributed by atoms with Gasteiger partial charge in [0.05, 0.1) is 15.6 Å². The van der Waals surface area contributed by atoms with Gasteiger partial charge in [-0.25, -0.2) is 4.98 Å². The fraction of sp³-hybridized carbons (Fsp3) is 0.583. The molecule has 1 aromatic heterocycles. The molecule has 0 amide bonds. The first-order valence-corrected chi connectivity index (χ1v) is 7.05. The van der Waals surface area contributed by atoms with E-state index in [-0.39, 0.29) is 0 Å². The Morgan fingerprint density at radius 1 is 1.65 bits per heavy atom. The van der Waals surface area contributed by atoms with Crippen molar-refractivity contribution in [2.24, 2.45) is 0 Å². The predicted molar refractivity (Wildman–Crippen MR) is 73.8 cm³/mol. The van der Waals surface area contributed by atoms with Crippen molar-refractivity contribution >= 4 is 33.3 Å². The van der Waals surface area contributed by atoms with Gasteiger partial charge in [-0.2, -0.15) is 0 Å². The van der Waals surface area contributed by atoms with Gasteiger partial charge < -0.3 is 9.64 Å². The second-order valence-electron chi connectivity index (χ2n) is 4.13. The van der Waals surface area contributed by atoms with Gasteiger partial charge in [-0.05, 0) is 41.8 Å². The van der Waals surface area contributed by atoms with Gasteiger partial charge in [0.2, 0.25) is 0 Å². The summed E-state index contributed by atoms with van der Waals surface area (Å²) in [6.45, 7) is 4.81. The fourth-order valence-corrected chi connectivity index (χ4v) is 2.93. The van der Waals surface area contributed by atoms with E-state index in [2.05, 4.69) is 32.7 Å². The quantitative estimate of drug-likeness (QED) is 0.849. The predicted octanol–water partition coefficient (Wildman–Crippen LogP) is 3.50.